The lowest BCUT2D eigenvalue weighted by Gasteiger charge is -2.14. The number of hydrogen-bond acceptors (Lipinski definition) is 2. The Balaban J connectivity index is 0.000000817. The molecule has 142 valence electrons. The Morgan fingerprint density at radius 2 is 1.63 bits per heavy atom. The molecule has 0 spiro atoms. The number of hydrogen-bond donors (Lipinski definition) is 1. The lowest BCUT2D eigenvalue weighted by Crippen LogP contribution is -2.20. The minimum atomic E-state index is -1.75. The first kappa shape index (κ1) is 20.2. The summed E-state index contributed by atoms with van der Waals surface area (Å²) in [5, 5.41) is 9.20. The summed E-state index contributed by atoms with van der Waals surface area (Å²) in [4.78, 5) is 23.5. The Bertz CT molecular complexity index is 1020. The molecule has 3 aromatic rings. The summed E-state index contributed by atoms with van der Waals surface area (Å²) in [7, 11) is 0. The predicted molar refractivity (Wildman–Crippen MR) is 92.6 cm³/mol. The molecule has 1 heterocycles. The van der Waals surface area contributed by atoms with Crippen molar-refractivity contribution in [3.8, 4) is 0 Å². The Hall–Kier alpha value is -3.16. The molecule has 0 atom stereocenters. The normalized spacial score (nSPS) is 10.4. The van der Waals surface area contributed by atoms with Crippen LogP contribution in [0.15, 0.2) is 53.5 Å². The van der Waals surface area contributed by atoms with E-state index in [0.29, 0.717) is 11.1 Å². The van der Waals surface area contributed by atoms with E-state index in [4.69, 9.17) is 0 Å². The van der Waals surface area contributed by atoms with Gasteiger partial charge in [-0.2, -0.15) is 0 Å². The number of benzene rings is 2. The van der Waals surface area contributed by atoms with E-state index >= 15 is 0 Å². The summed E-state index contributed by atoms with van der Waals surface area (Å²) in [5.41, 5.74) is -0.180. The molecule has 0 bridgehead atoms. The van der Waals surface area contributed by atoms with E-state index in [1.807, 2.05) is 0 Å². The minimum Gasteiger partial charge on any atom is -0.477 e. The van der Waals surface area contributed by atoms with Crippen molar-refractivity contribution in [2.24, 2.45) is 0 Å². The number of aromatic carboxylic acids is 1. The van der Waals surface area contributed by atoms with Crippen LogP contribution >= 0.6 is 0 Å². The fraction of sp³-hybridized carbons (Fsp3) is 0.158. The molecule has 8 heteroatoms. The van der Waals surface area contributed by atoms with E-state index in [-0.39, 0.29) is 17.4 Å². The molecule has 0 unspecified atom stereocenters. The van der Waals surface area contributed by atoms with Crippen LogP contribution in [0.5, 0.6) is 0 Å². The van der Waals surface area contributed by atoms with Gasteiger partial charge in [-0.1, -0.05) is 30.3 Å². The van der Waals surface area contributed by atoms with Crippen LogP contribution in [0.3, 0.4) is 0 Å². The van der Waals surface area contributed by atoms with Crippen molar-refractivity contribution in [1.82, 2.24) is 4.57 Å². The van der Waals surface area contributed by atoms with Crippen LogP contribution in [0.1, 0.15) is 21.5 Å². The number of aromatic nitrogens is 1. The third-order valence-corrected chi connectivity index (χ3v) is 3.88. The minimum absolute atomic E-state index is 0.00108. The molecule has 3 rings (SSSR count). The number of carboxylic acid groups (broad SMARTS) is 1. The molecule has 0 aliphatic heterocycles. The Morgan fingerprint density at radius 1 is 1.00 bits per heavy atom. The lowest BCUT2D eigenvalue weighted by atomic mass is 10.1. The van der Waals surface area contributed by atoms with Crippen LogP contribution in [0.2, 0.25) is 0 Å². The largest absolute Gasteiger partial charge is 0.477 e. The first-order chi connectivity index (χ1) is 12.9. The number of pyridine rings is 1. The molecule has 27 heavy (non-hydrogen) atoms. The smallest absolute Gasteiger partial charge is 0.341 e. The summed E-state index contributed by atoms with van der Waals surface area (Å²) in [6.45, 7) is -2.39. The fourth-order valence-corrected chi connectivity index (χ4v) is 2.72. The standard InChI is InChI=1S/C18H13F2NO3.CH2F2/c19-8-11-4-1-2-5-12(11)9-21-10-14(18(23)24)17(22)13-6-3-7-15(20)16(13)21;2-1-3/h1-7,10H,8-9H2,(H,23,24);1H2. The van der Waals surface area contributed by atoms with E-state index in [1.54, 1.807) is 24.3 Å². The molecule has 0 fully saturated rings. The topological polar surface area (TPSA) is 59.3 Å². The maximum absolute atomic E-state index is 14.3. The highest BCUT2D eigenvalue weighted by molar-refractivity contribution is 5.92. The fourth-order valence-electron chi connectivity index (χ4n) is 2.72. The number of halogens is 4. The number of carboxylic acids is 1. The van der Waals surface area contributed by atoms with Crippen LogP contribution in [-0.2, 0) is 13.2 Å². The van der Waals surface area contributed by atoms with Gasteiger partial charge in [-0.25, -0.2) is 22.4 Å². The number of rotatable bonds is 4. The van der Waals surface area contributed by atoms with Gasteiger partial charge >= 0.3 is 5.97 Å². The van der Waals surface area contributed by atoms with E-state index in [2.05, 4.69) is 0 Å². The molecule has 0 amide bonds. The second-order valence-corrected chi connectivity index (χ2v) is 5.44. The number of fused-ring (bicyclic) bond motifs is 1. The maximum atomic E-state index is 14.3. The van der Waals surface area contributed by atoms with Crippen molar-refractivity contribution >= 4 is 16.9 Å². The highest BCUT2D eigenvalue weighted by Gasteiger charge is 2.17. The molecular formula is C19H15F4NO3. The van der Waals surface area contributed by atoms with Crippen molar-refractivity contribution < 1.29 is 27.5 Å². The van der Waals surface area contributed by atoms with Gasteiger partial charge in [0.05, 0.1) is 5.52 Å². The summed E-state index contributed by atoms with van der Waals surface area (Å²) in [6, 6.07) is 10.6. The highest BCUT2D eigenvalue weighted by atomic mass is 19.3. The van der Waals surface area contributed by atoms with Gasteiger partial charge in [0.1, 0.15) is 18.1 Å². The zero-order valence-corrected chi connectivity index (χ0v) is 14.0. The van der Waals surface area contributed by atoms with E-state index < -0.39 is 36.4 Å². The lowest BCUT2D eigenvalue weighted by molar-refractivity contribution is 0.0695. The Morgan fingerprint density at radius 3 is 2.22 bits per heavy atom. The van der Waals surface area contributed by atoms with Gasteiger partial charge in [-0.05, 0) is 23.3 Å². The van der Waals surface area contributed by atoms with Gasteiger partial charge in [0, 0.05) is 18.1 Å². The zero-order valence-electron chi connectivity index (χ0n) is 14.0. The quantitative estimate of drug-likeness (QED) is 0.688. The number of para-hydroxylation sites is 1. The molecule has 2 aromatic carbocycles. The molecule has 0 saturated heterocycles. The van der Waals surface area contributed by atoms with Crippen LogP contribution < -0.4 is 5.43 Å². The van der Waals surface area contributed by atoms with E-state index in [0.717, 1.165) is 6.20 Å². The van der Waals surface area contributed by atoms with Gasteiger partial charge in [0.2, 0.25) is 12.4 Å². The first-order valence-corrected chi connectivity index (χ1v) is 7.74. The first-order valence-electron chi connectivity index (χ1n) is 7.74. The monoisotopic (exact) mass is 381 g/mol. The van der Waals surface area contributed by atoms with Gasteiger partial charge < -0.3 is 9.67 Å². The van der Waals surface area contributed by atoms with Gasteiger partial charge in [-0.3, -0.25) is 4.79 Å². The van der Waals surface area contributed by atoms with Crippen molar-refractivity contribution in [2.45, 2.75) is 13.2 Å². The average Bonchev–Trinajstić information content (AvgIpc) is 2.65. The van der Waals surface area contributed by atoms with Gasteiger partial charge in [-0.15, -0.1) is 0 Å². The van der Waals surface area contributed by atoms with Gasteiger partial charge in [0.25, 0.3) is 0 Å². The highest BCUT2D eigenvalue weighted by Crippen LogP contribution is 2.19. The molecule has 0 radical (unpaired) electrons. The third kappa shape index (κ3) is 4.33. The SMILES string of the molecule is FCF.O=C(O)c1cn(Cc2ccccc2CF)c2c(F)cccc2c1=O. The van der Waals surface area contributed by atoms with Crippen molar-refractivity contribution in [3.63, 3.8) is 0 Å². The summed E-state index contributed by atoms with van der Waals surface area (Å²) in [6.07, 6.45) is 1.10. The Labute approximate surface area is 151 Å². The molecule has 0 aliphatic rings. The van der Waals surface area contributed by atoms with Crippen LogP contribution in [0, 0.1) is 5.82 Å². The van der Waals surface area contributed by atoms with Gasteiger partial charge in [0.15, 0.2) is 0 Å². The third-order valence-electron chi connectivity index (χ3n) is 3.88. The number of alkyl halides is 3. The van der Waals surface area contributed by atoms with E-state index in [9.17, 15) is 32.3 Å². The summed E-state index contributed by atoms with van der Waals surface area (Å²) < 4.78 is 48.0. The van der Waals surface area contributed by atoms with Crippen molar-refractivity contribution in [3.05, 3.63) is 81.4 Å². The van der Waals surface area contributed by atoms with Crippen molar-refractivity contribution in [2.75, 3.05) is 6.93 Å². The van der Waals surface area contributed by atoms with Crippen LogP contribution in [0.4, 0.5) is 17.6 Å². The molecule has 1 aromatic heterocycles. The second kappa shape index (κ2) is 8.98. The molecule has 0 aliphatic carbocycles. The summed E-state index contributed by atoms with van der Waals surface area (Å²) in [5.74, 6) is -2.03. The predicted octanol–water partition coefficient (Wildman–Crippen LogP) is 4.24. The average molecular weight is 381 g/mol. The molecular weight excluding hydrogens is 366 g/mol. The van der Waals surface area contributed by atoms with Crippen molar-refractivity contribution in [1.29, 1.82) is 0 Å². The zero-order chi connectivity index (χ0) is 20.0. The second-order valence-electron chi connectivity index (χ2n) is 5.44. The summed E-state index contributed by atoms with van der Waals surface area (Å²) >= 11 is 0. The number of carbonyl (C=O) groups is 1. The van der Waals surface area contributed by atoms with Crippen LogP contribution in [0.25, 0.3) is 10.9 Å². The van der Waals surface area contributed by atoms with E-state index in [1.165, 1.54) is 22.8 Å². The molecule has 4 nitrogen and oxygen atoms in total. The Kier molecular flexibility index (Phi) is 6.70. The number of nitrogens with zero attached hydrogens (tertiary/aromatic N) is 1. The molecule has 0 saturated carbocycles. The molecule has 1 N–H and O–H groups in total. The van der Waals surface area contributed by atoms with Crippen LogP contribution in [-0.4, -0.2) is 22.6 Å². The maximum Gasteiger partial charge on any atom is 0.341 e.